The molecule has 4 N–H and O–H groups in total. The number of hydrogen-bond acceptors (Lipinski definition) is 6. The molecule has 116 valence electrons. The SMILES string of the molecule is O=C1Cc2ccc(NC(=O)c3c(O)[nH]c(=O)[nH]c3=O)cc2C1=O. The van der Waals surface area contributed by atoms with Crippen molar-refractivity contribution >= 4 is 23.2 Å². The van der Waals surface area contributed by atoms with Crippen LogP contribution in [0.1, 0.15) is 26.3 Å². The lowest BCUT2D eigenvalue weighted by Crippen LogP contribution is -2.30. The van der Waals surface area contributed by atoms with E-state index in [1.165, 1.54) is 18.2 Å². The number of rotatable bonds is 2. The number of amides is 1. The molecule has 0 fully saturated rings. The molecule has 9 nitrogen and oxygen atoms in total. The Labute approximate surface area is 127 Å². The first-order valence-electron chi connectivity index (χ1n) is 6.44. The number of carbonyl (C=O) groups excluding carboxylic acids is 3. The van der Waals surface area contributed by atoms with Crippen LogP contribution < -0.4 is 16.6 Å². The first-order chi connectivity index (χ1) is 10.9. The third-order valence-corrected chi connectivity index (χ3v) is 3.37. The highest BCUT2D eigenvalue weighted by atomic mass is 16.3. The standard InChI is InChI=1S/C14H9N3O6/c18-8-3-5-1-2-6(4-7(5)10(8)19)15-11(20)9-12(21)16-14(23)17-13(9)22/h1-2,4H,3H2,(H,15,20)(H3,16,17,21,22,23). The van der Waals surface area contributed by atoms with Gasteiger partial charge < -0.3 is 10.4 Å². The van der Waals surface area contributed by atoms with Gasteiger partial charge in [0.25, 0.3) is 11.5 Å². The van der Waals surface area contributed by atoms with E-state index in [0.29, 0.717) is 5.56 Å². The molecule has 1 aliphatic carbocycles. The molecule has 0 atom stereocenters. The third kappa shape index (κ3) is 2.44. The van der Waals surface area contributed by atoms with E-state index in [1.54, 1.807) is 0 Å². The van der Waals surface area contributed by atoms with Crippen LogP contribution in [0.25, 0.3) is 0 Å². The Morgan fingerprint density at radius 2 is 1.87 bits per heavy atom. The Morgan fingerprint density at radius 3 is 2.57 bits per heavy atom. The fourth-order valence-electron chi connectivity index (χ4n) is 2.30. The van der Waals surface area contributed by atoms with Crippen LogP contribution in [0.4, 0.5) is 5.69 Å². The second kappa shape index (κ2) is 5.05. The molecule has 0 saturated carbocycles. The molecule has 3 rings (SSSR count). The molecule has 0 spiro atoms. The van der Waals surface area contributed by atoms with Crippen molar-refractivity contribution in [3.63, 3.8) is 0 Å². The third-order valence-electron chi connectivity index (χ3n) is 3.37. The maximum absolute atomic E-state index is 12.0. The normalized spacial score (nSPS) is 13.0. The molecular weight excluding hydrogens is 306 g/mol. The summed E-state index contributed by atoms with van der Waals surface area (Å²) in [7, 11) is 0. The number of H-pyrrole nitrogens is 2. The lowest BCUT2D eigenvalue weighted by molar-refractivity contribution is -0.114. The van der Waals surface area contributed by atoms with Crippen LogP contribution in [-0.4, -0.2) is 32.5 Å². The molecule has 2 aromatic rings. The highest BCUT2D eigenvalue weighted by Crippen LogP contribution is 2.23. The van der Waals surface area contributed by atoms with Gasteiger partial charge in [0, 0.05) is 17.7 Å². The smallest absolute Gasteiger partial charge is 0.328 e. The van der Waals surface area contributed by atoms with Gasteiger partial charge in [0.15, 0.2) is 5.56 Å². The van der Waals surface area contributed by atoms with Gasteiger partial charge in [0.05, 0.1) is 0 Å². The fraction of sp³-hybridized carbons (Fsp3) is 0.0714. The zero-order valence-electron chi connectivity index (χ0n) is 11.4. The topological polar surface area (TPSA) is 149 Å². The summed E-state index contributed by atoms with van der Waals surface area (Å²) in [4.78, 5) is 61.3. The molecule has 0 radical (unpaired) electrons. The average molecular weight is 315 g/mol. The van der Waals surface area contributed by atoms with E-state index in [2.05, 4.69) is 5.32 Å². The van der Waals surface area contributed by atoms with Gasteiger partial charge >= 0.3 is 5.69 Å². The van der Waals surface area contributed by atoms with Crippen LogP contribution in [0.15, 0.2) is 27.8 Å². The number of aromatic hydroxyl groups is 1. The quantitative estimate of drug-likeness (QED) is 0.540. The van der Waals surface area contributed by atoms with E-state index >= 15 is 0 Å². The van der Waals surface area contributed by atoms with E-state index in [1.807, 2.05) is 9.97 Å². The molecule has 0 unspecified atom stereocenters. The molecule has 1 aliphatic rings. The number of ketones is 2. The number of carbonyl (C=O) groups is 3. The lowest BCUT2D eigenvalue weighted by Gasteiger charge is -2.07. The predicted molar refractivity (Wildman–Crippen MR) is 76.8 cm³/mol. The lowest BCUT2D eigenvalue weighted by atomic mass is 10.1. The Bertz CT molecular complexity index is 985. The minimum atomic E-state index is -1.06. The summed E-state index contributed by atoms with van der Waals surface area (Å²) in [6, 6.07) is 4.29. The minimum Gasteiger partial charge on any atom is -0.494 e. The molecular formula is C14H9N3O6. The van der Waals surface area contributed by atoms with Gasteiger partial charge in [-0.05, 0) is 17.7 Å². The van der Waals surface area contributed by atoms with Crippen molar-refractivity contribution in [1.29, 1.82) is 0 Å². The second-order valence-electron chi connectivity index (χ2n) is 4.89. The summed E-state index contributed by atoms with van der Waals surface area (Å²) in [5.74, 6) is -3.01. The van der Waals surface area contributed by atoms with Crippen molar-refractivity contribution in [1.82, 2.24) is 9.97 Å². The second-order valence-corrected chi connectivity index (χ2v) is 4.89. The Balaban J connectivity index is 1.94. The van der Waals surface area contributed by atoms with Gasteiger partial charge in [0.2, 0.25) is 17.4 Å². The van der Waals surface area contributed by atoms with Gasteiger partial charge in [-0.1, -0.05) is 6.07 Å². The summed E-state index contributed by atoms with van der Waals surface area (Å²) >= 11 is 0. The molecule has 0 bridgehead atoms. The van der Waals surface area contributed by atoms with E-state index in [9.17, 15) is 29.1 Å². The van der Waals surface area contributed by atoms with Gasteiger partial charge in [-0.3, -0.25) is 29.1 Å². The van der Waals surface area contributed by atoms with Crippen molar-refractivity contribution in [2.75, 3.05) is 5.32 Å². The Morgan fingerprint density at radius 1 is 1.13 bits per heavy atom. The maximum Gasteiger partial charge on any atom is 0.328 e. The largest absolute Gasteiger partial charge is 0.494 e. The van der Waals surface area contributed by atoms with E-state index in [-0.39, 0.29) is 17.7 Å². The van der Waals surface area contributed by atoms with Crippen molar-refractivity contribution in [2.24, 2.45) is 0 Å². The summed E-state index contributed by atoms with van der Waals surface area (Å²) in [6.45, 7) is 0. The number of fused-ring (bicyclic) bond motifs is 1. The van der Waals surface area contributed by atoms with Crippen LogP contribution >= 0.6 is 0 Å². The van der Waals surface area contributed by atoms with Gasteiger partial charge in [-0.2, -0.15) is 0 Å². The van der Waals surface area contributed by atoms with Crippen molar-refractivity contribution in [3.8, 4) is 5.88 Å². The van der Waals surface area contributed by atoms with E-state index < -0.39 is 40.2 Å². The number of anilines is 1. The van der Waals surface area contributed by atoms with E-state index in [4.69, 9.17) is 0 Å². The highest BCUT2D eigenvalue weighted by molar-refractivity contribution is 6.47. The first-order valence-corrected chi connectivity index (χ1v) is 6.44. The number of aromatic nitrogens is 2. The predicted octanol–water partition coefficient (Wildman–Crippen LogP) is -0.671. The molecule has 1 heterocycles. The molecule has 0 aliphatic heterocycles. The van der Waals surface area contributed by atoms with Crippen LogP contribution in [0.5, 0.6) is 5.88 Å². The number of benzene rings is 1. The number of hydrogen-bond donors (Lipinski definition) is 4. The van der Waals surface area contributed by atoms with Gasteiger partial charge in [-0.15, -0.1) is 0 Å². The Hall–Kier alpha value is -3.49. The molecule has 9 heteroatoms. The number of aromatic amines is 2. The summed E-state index contributed by atoms with van der Waals surface area (Å²) < 4.78 is 0. The Kier molecular flexibility index (Phi) is 3.17. The number of Topliss-reactive ketones (excluding diaryl/α,β-unsaturated/α-hetero) is 2. The zero-order valence-corrected chi connectivity index (χ0v) is 11.4. The summed E-state index contributed by atoms with van der Waals surface area (Å²) in [6.07, 6.45) is 0.0166. The minimum absolute atomic E-state index is 0.0166. The molecule has 1 aromatic heterocycles. The van der Waals surface area contributed by atoms with Crippen LogP contribution in [0.2, 0.25) is 0 Å². The summed E-state index contributed by atoms with van der Waals surface area (Å²) in [5.41, 5.74) is -1.77. The van der Waals surface area contributed by atoms with Crippen LogP contribution in [-0.2, 0) is 11.2 Å². The van der Waals surface area contributed by atoms with E-state index in [0.717, 1.165) is 0 Å². The monoisotopic (exact) mass is 315 g/mol. The molecule has 1 aromatic carbocycles. The van der Waals surface area contributed by atoms with Gasteiger partial charge in [-0.25, -0.2) is 4.79 Å². The van der Waals surface area contributed by atoms with Crippen molar-refractivity contribution in [3.05, 3.63) is 55.7 Å². The highest BCUT2D eigenvalue weighted by Gasteiger charge is 2.28. The summed E-state index contributed by atoms with van der Waals surface area (Å²) in [5, 5.41) is 11.8. The van der Waals surface area contributed by atoms with Crippen molar-refractivity contribution in [2.45, 2.75) is 6.42 Å². The average Bonchev–Trinajstić information content (AvgIpc) is 2.73. The zero-order chi connectivity index (χ0) is 16.7. The van der Waals surface area contributed by atoms with Crippen molar-refractivity contribution < 1.29 is 19.5 Å². The molecule has 0 saturated heterocycles. The molecule has 1 amide bonds. The number of nitrogens with one attached hydrogen (secondary N) is 3. The molecule has 23 heavy (non-hydrogen) atoms. The van der Waals surface area contributed by atoms with Crippen LogP contribution in [0, 0.1) is 0 Å². The van der Waals surface area contributed by atoms with Crippen LogP contribution in [0.3, 0.4) is 0 Å². The fourth-order valence-corrected chi connectivity index (χ4v) is 2.30. The van der Waals surface area contributed by atoms with Gasteiger partial charge in [0.1, 0.15) is 0 Å². The maximum atomic E-state index is 12.0. The first kappa shape index (κ1) is 14.4.